The first kappa shape index (κ1) is 20.6. The number of fused-ring (bicyclic) bond motifs is 1. The molecule has 3 rings (SSSR count). The first-order valence-electron chi connectivity index (χ1n) is 9.87. The lowest BCUT2D eigenvalue weighted by atomic mass is 9.82. The minimum Gasteiger partial charge on any atom is -0.449 e. The van der Waals surface area contributed by atoms with E-state index in [0.717, 1.165) is 36.5 Å². The van der Waals surface area contributed by atoms with Crippen LogP contribution < -0.4 is 10.0 Å². The Kier molecular flexibility index (Phi) is 6.91. The number of carbonyl (C=O) groups excluding carboxylic acids is 1. The molecule has 1 aliphatic rings. The van der Waals surface area contributed by atoms with Crippen molar-refractivity contribution >= 4 is 26.9 Å². The largest absolute Gasteiger partial charge is 0.449 e. The molecule has 0 saturated heterocycles. The molecule has 1 fully saturated rings. The summed E-state index contributed by atoms with van der Waals surface area (Å²) in [7, 11) is -3.52. The van der Waals surface area contributed by atoms with Crippen LogP contribution in [0.3, 0.4) is 0 Å². The highest BCUT2D eigenvalue weighted by molar-refractivity contribution is 7.89. The van der Waals surface area contributed by atoms with Crippen molar-refractivity contribution in [2.75, 3.05) is 19.7 Å². The van der Waals surface area contributed by atoms with E-state index < -0.39 is 10.0 Å². The maximum atomic E-state index is 12.6. The van der Waals surface area contributed by atoms with Crippen molar-refractivity contribution in [3.63, 3.8) is 0 Å². The molecular weight excluding hydrogens is 376 g/mol. The Balaban J connectivity index is 1.48. The van der Waals surface area contributed by atoms with E-state index in [1.165, 1.54) is 0 Å². The molecule has 6 nitrogen and oxygen atoms in total. The molecule has 1 aliphatic carbocycles. The lowest BCUT2D eigenvalue weighted by Gasteiger charge is -2.28. The molecule has 2 aromatic carbocycles. The van der Waals surface area contributed by atoms with Crippen molar-refractivity contribution < 1.29 is 17.9 Å². The van der Waals surface area contributed by atoms with E-state index >= 15 is 0 Å². The van der Waals surface area contributed by atoms with Crippen molar-refractivity contribution in [1.29, 1.82) is 0 Å². The van der Waals surface area contributed by atoms with Crippen LogP contribution >= 0.6 is 0 Å². The summed E-state index contributed by atoms with van der Waals surface area (Å²) >= 11 is 0. The molecule has 7 heteroatoms. The monoisotopic (exact) mass is 404 g/mol. The third-order valence-corrected chi connectivity index (χ3v) is 6.75. The summed E-state index contributed by atoms with van der Waals surface area (Å²) in [5, 5.41) is 4.56. The summed E-state index contributed by atoms with van der Waals surface area (Å²) in [6.07, 6.45) is 3.39. The molecule has 0 aliphatic heterocycles. The summed E-state index contributed by atoms with van der Waals surface area (Å²) in [6.45, 7) is 3.29. The molecule has 2 aromatic rings. The highest BCUT2D eigenvalue weighted by atomic mass is 32.2. The highest BCUT2D eigenvalue weighted by Gasteiger charge is 2.24. The van der Waals surface area contributed by atoms with Crippen molar-refractivity contribution in [2.45, 2.75) is 37.5 Å². The fraction of sp³-hybridized carbons (Fsp3) is 0.476. The second-order valence-electron chi connectivity index (χ2n) is 7.38. The summed E-state index contributed by atoms with van der Waals surface area (Å²) < 4.78 is 33.3. The standard InChI is InChI=1S/C21H28N2O4S/c1-2-22-21(24)27-15-17-9-7-16(8-10-17)14-23-28(25,26)20-12-11-18-5-3-4-6-19(18)13-20/h3-6,11-13,16-17,23H,2,7-10,14-15H2,1H3,(H,22,24). The van der Waals surface area contributed by atoms with Gasteiger partial charge < -0.3 is 10.1 Å². The fourth-order valence-electron chi connectivity index (χ4n) is 3.64. The molecule has 0 radical (unpaired) electrons. The number of carbonyl (C=O) groups is 1. The minimum absolute atomic E-state index is 0.301. The summed E-state index contributed by atoms with van der Waals surface area (Å²) in [6, 6.07) is 12.9. The first-order valence-corrected chi connectivity index (χ1v) is 11.4. The second kappa shape index (κ2) is 9.39. The normalized spacial score (nSPS) is 20.0. The summed E-state index contributed by atoms with van der Waals surface area (Å²) in [5.41, 5.74) is 0. The van der Waals surface area contributed by atoms with Crippen LogP contribution in [0.25, 0.3) is 10.8 Å². The van der Waals surface area contributed by atoms with Crippen molar-refractivity contribution in [3.05, 3.63) is 42.5 Å². The zero-order valence-electron chi connectivity index (χ0n) is 16.2. The lowest BCUT2D eigenvalue weighted by molar-refractivity contribution is 0.110. The summed E-state index contributed by atoms with van der Waals surface area (Å²) in [4.78, 5) is 11.7. The number of nitrogens with one attached hydrogen (secondary N) is 2. The lowest BCUT2D eigenvalue weighted by Crippen LogP contribution is -2.32. The zero-order chi connectivity index (χ0) is 20.0. The molecule has 1 saturated carbocycles. The Hall–Kier alpha value is -2.12. The van der Waals surface area contributed by atoms with Gasteiger partial charge >= 0.3 is 6.09 Å². The number of benzene rings is 2. The average molecular weight is 405 g/mol. The van der Waals surface area contributed by atoms with E-state index in [-0.39, 0.29) is 6.09 Å². The van der Waals surface area contributed by atoms with Gasteiger partial charge in [0.15, 0.2) is 0 Å². The predicted octanol–water partition coefficient (Wildman–Crippen LogP) is 3.67. The third kappa shape index (κ3) is 5.45. The molecule has 0 atom stereocenters. The average Bonchev–Trinajstić information content (AvgIpc) is 2.71. The zero-order valence-corrected chi connectivity index (χ0v) is 17.0. The molecule has 0 aromatic heterocycles. The van der Waals surface area contributed by atoms with Crippen LogP contribution in [0.4, 0.5) is 4.79 Å². The van der Waals surface area contributed by atoms with E-state index in [9.17, 15) is 13.2 Å². The molecule has 152 valence electrons. The van der Waals surface area contributed by atoms with Gasteiger partial charge in [0.1, 0.15) is 0 Å². The fourth-order valence-corrected chi connectivity index (χ4v) is 4.79. The number of rotatable bonds is 7. The van der Waals surface area contributed by atoms with Crippen LogP contribution in [-0.2, 0) is 14.8 Å². The van der Waals surface area contributed by atoms with Crippen LogP contribution in [0.2, 0.25) is 0 Å². The Labute approximate surface area is 166 Å². The number of sulfonamides is 1. The molecular formula is C21H28N2O4S. The van der Waals surface area contributed by atoms with Gasteiger partial charge in [-0.25, -0.2) is 17.9 Å². The van der Waals surface area contributed by atoms with E-state index in [2.05, 4.69) is 10.0 Å². The predicted molar refractivity (Wildman–Crippen MR) is 110 cm³/mol. The van der Waals surface area contributed by atoms with Gasteiger partial charge in [-0.05, 0) is 67.3 Å². The van der Waals surface area contributed by atoms with Gasteiger partial charge in [0.05, 0.1) is 11.5 Å². The molecule has 0 bridgehead atoms. The summed E-state index contributed by atoms with van der Waals surface area (Å²) in [5.74, 6) is 0.673. The van der Waals surface area contributed by atoms with Crippen molar-refractivity contribution in [2.24, 2.45) is 11.8 Å². The number of ether oxygens (including phenoxy) is 1. The van der Waals surface area contributed by atoms with Crippen LogP contribution in [0.15, 0.2) is 47.4 Å². The van der Waals surface area contributed by atoms with Gasteiger partial charge in [-0.15, -0.1) is 0 Å². The van der Waals surface area contributed by atoms with Gasteiger partial charge in [-0.1, -0.05) is 30.3 Å². The minimum atomic E-state index is -3.52. The Bertz CT molecular complexity index is 906. The number of hydrogen-bond donors (Lipinski definition) is 2. The smallest absolute Gasteiger partial charge is 0.407 e. The number of amides is 1. The molecule has 2 N–H and O–H groups in total. The quantitative estimate of drug-likeness (QED) is 0.737. The van der Waals surface area contributed by atoms with Crippen molar-refractivity contribution in [3.8, 4) is 0 Å². The highest BCUT2D eigenvalue weighted by Crippen LogP contribution is 2.29. The molecule has 1 amide bonds. The molecule has 28 heavy (non-hydrogen) atoms. The van der Waals surface area contributed by atoms with Gasteiger partial charge in [0, 0.05) is 13.1 Å². The number of alkyl carbamates (subject to hydrolysis) is 1. The number of hydrogen-bond acceptors (Lipinski definition) is 4. The Morgan fingerprint density at radius 2 is 1.71 bits per heavy atom. The van der Waals surface area contributed by atoms with Crippen molar-refractivity contribution in [1.82, 2.24) is 10.0 Å². The SMILES string of the molecule is CCNC(=O)OCC1CCC(CNS(=O)(=O)c2ccc3ccccc3c2)CC1. The van der Waals surface area contributed by atoms with E-state index in [4.69, 9.17) is 4.74 Å². The van der Waals surface area contributed by atoms with Gasteiger partial charge in [-0.2, -0.15) is 0 Å². The third-order valence-electron chi connectivity index (χ3n) is 5.33. The van der Waals surface area contributed by atoms with E-state index in [1.54, 1.807) is 12.1 Å². The van der Waals surface area contributed by atoms with Gasteiger partial charge in [0.25, 0.3) is 0 Å². The van der Waals surface area contributed by atoms with Crippen LogP contribution in [0.1, 0.15) is 32.6 Å². The van der Waals surface area contributed by atoms with Gasteiger partial charge in [-0.3, -0.25) is 0 Å². The maximum absolute atomic E-state index is 12.6. The Morgan fingerprint density at radius 3 is 2.43 bits per heavy atom. The maximum Gasteiger partial charge on any atom is 0.407 e. The van der Waals surface area contributed by atoms with Crippen LogP contribution in [-0.4, -0.2) is 34.2 Å². The molecule has 0 heterocycles. The van der Waals surface area contributed by atoms with Gasteiger partial charge in [0.2, 0.25) is 10.0 Å². The van der Waals surface area contributed by atoms with E-state index in [0.29, 0.717) is 36.4 Å². The van der Waals surface area contributed by atoms with Crippen LogP contribution in [0, 0.1) is 11.8 Å². The van der Waals surface area contributed by atoms with E-state index in [1.807, 2.05) is 37.3 Å². The topological polar surface area (TPSA) is 84.5 Å². The molecule has 0 spiro atoms. The Morgan fingerprint density at radius 1 is 1.04 bits per heavy atom. The first-order chi connectivity index (χ1) is 13.5. The second-order valence-corrected chi connectivity index (χ2v) is 9.14. The van der Waals surface area contributed by atoms with Crippen LogP contribution in [0.5, 0.6) is 0 Å². The molecule has 0 unspecified atom stereocenters.